The SMILES string of the molecule is CCS(=O)Nc1cc(C/C(C)=C/C(C=O)=C(\NC=O)Nc2ccc(C)cc2F)ccn1. The Morgan fingerprint density at radius 2 is 2.00 bits per heavy atom. The van der Waals surface area contributed by atoms with Crippen molar-refractivity contribution in [2.75, 3.05) is 15.8 Å². The molecule has 0 aliphatic heterocycles. The van der Waals surface area contributed by atoms with E-state index in [1.807, 2.05) is 13.0 Å². The lowest BCUT2D eigenvalue weighted by molar-refractivity contribution is -0.108. The first-order valence-corrected chi connectivity index (χ1v) is 10.9. The van der Waals surface area contributed by atoms with Crippen molar-refractivity contribution >= 4 is 35.2 Å². The Morgan fingerprint density at radius 1 is 1.23 bits per heavy atom. The van der Waals surface area contributed by atoms with Gasteiger partial charge in [-0.15, -0.1) is 0 Å². The fourth-order valence-electron chi connectivity index (χ4n) is 2.74. The van der Waals surface area contributed by atoms with Crippen molar-refractivity contribution in [2.24, 2.45) is 0 Å². The van der Waals surface area contributed by atoms with Crippen LogP contribution in [0.25, 0.3) is 0 Å². The van der Waals surface area contributed by atoms with Crippen molar-refractivity contribution in [1.29, 1.82) is 0 Å². The molecule has 0 bridgehead atoms. The molecule has 1 amide bonds. The average molecular weight is 445 g/mol. The third-order valence-corrected chi connectivity index (χ3v) is 5.15. The number of amides is 1. The van der Waals surface area contributed by atoms with Gasteiger partial charge in [-0.25, -0.2) is 13.6 Å². The highest BCUT2D eigenvalue weighted by molar-refractivity contribution is 7.86. The lowest BCUT2D eigenvalue weighted by atomic mass is 10.0. The van der Waals surface area contributed by atoms with E-state index in [0.717, 1.165) is 16.7 Å². The van der Waals surface area contributed by atoms with Gasteiger partial charge in [0.2, 0.25) is 6.41 Å². The predicted octanol–water partition coefficient (Wildman–Crippen LogP) is 3.38. The molecule has 0 fully saturated rings. The number of benzene rings is 1. The summed E-state index contributed by atoms with van der Waals surface area (Å²) >= 11 is 0. The highest BCUT2D eigenvalue weighted by Crippen LogP contribution is 2.19. The number of hydrogen-bond acceptors (Lipinski definition) is 5. The molecule has 0 aliphatic carbocycles. The molecule has 0 spiro atoms. The third-order valence-electron chi connectivity index (χ3n) is 4.19. The molecule has 9 heteroatoms. The van der Waals surface area contributed by atoms with Gasteiger partial charge in [-0.2, -0.15) is 0 Å². The van der Waals surface area contributed by atoms with Crippen LogP contribution in [0.4, 0.5) is 15.9 Å². The zero-order chi connectivity index (χ0) is 22.8. The summed E-state index contributed by atoms with van der Waals surface area (Å²) in [7, 11) is -1.20. The number of aryl methyl sites for hydroxylation is 1. The summed E-state index contributed by atoms with van der Waals surface area (Å²) in [5.41, 5.74) is 2.75. The van der Waals surface area contributed by atoms with Crippen LogP contribution in [-0.4, -0.2) is 27.6 Å². The molecule has 1 heterocycles. The lowest BCUT2D eigenvalue weighted by Crippen LogP contribution is -2.21. The summed E-state index contributed by atoms with van der Waals surface area (Å²) in [5, 5.41) is 5.19. The van der Waals surface area contributed by atoms with E-state index in [9.17, 15) is 18.2 Å². The lowest BCUT2D eigenvalue weighted by Gasteiger charge is -2.13. The standard InChI is InChI=1S/C22H25FN4O3S/c1-4-31(30)27-21-12-17(7-8-24-21)9-16(3)10-18(13-28)22(25-14-29)26-20-6-5-15(2)11-19(20)23/h5-8,10-14,26H,4,9H2,1-3H3,(H,24,27)(H,25,29)/b16-10+,22-18-. The molecule has 1 aromatic carbocycles. The Bertz CT molecular complexity index is 1040. The van der Waals surface area contributed by atoms with Crippen molar-refractivity contribution in [3.05, 3.63) is 76.5 Å². The molecule has 1 aromatic heterocycles. The van der Waals surface area contributed by atoms with Crippen LogP contribution in [0.3, 0.4) is 0 Å². The van der Waals surface area contributed by atoms with Crippen LogP contribution in [0.1, 0.15) is 25.0 Å². The van der Waals surface area contributed by atoms with Crippen LogP contribution >= 0.6 is 0 Å². The number of anilines is 2. The second-order valence-electron chi connectivity index (χ2n) is 6.77. The molecule has 0 radical (unpaired) electrons. The van der Waals surface area contributed by atoms with Crippen molar-refractivity contribution in [3.8, 4) is 0 Å². The number of hydrogen-bond donors (Lipinski definition) is 3. The van der Waals surface area contributed by atoms with Gasteiger partial charge in [-0.3, -0.25) is 14.3 Å². The number of aromatic nitrogens is 1. The predicted molar refractivity (Wildman–Crippen MR) is 121 cm³/mol. The van der Waals surface area contributed by atoms with Gasteiger partial charge in [0, 0.05) is 11.9 Å². The number of carbonyl (C=O) groups is 2. The normalized spacial score (nSPS) is 13.1. The van der Waals surface area contributed by atoms with Crippen LogP contribution in [0.2, 0.25) is 0 Å². The molecule has 0 saturated heterocycles. The van der Waals surface area contributed by atoms with Crippen molar-refractivity contribution in [1.82, 2.24) is 10.3 Å². The van der Waals surface area contributed by atoms with E-state index < -0.39 is 16.8 Å². The van der Waals surface area contributed by atoms with Gasteiger partial charge in [-0.1, -0.05) is 18.6 Å². The first-order valence-electron chi connectivity index (χ1n) is 9.56. The van der Waals surface area contributed by atoms with Gasteiger partial charge >= 0.3 is 0 Å². The number of rotatable bonds is 11. The van der Waals surface area contributed by atoms with Gasteiger partial charge in [0.15, 0.2) is 6.29 Å². The van der Waals surface area contributed by atoms with Crippen molar-refractivity contribution in [2.45, 2.75) is 27.2 Å². The van der Waals surface area contributed by atoms with Gasteiger partial charge < -0.3 is 10.6 Å². The third kappa shape index (κ3) is 7.45. The quantitative estimate of drug-likeness (QED) is 0.280. The summed E-state index contributed by atoms with van der Waals surface area (Å²) in [6, 6.07) is 8.18. The zero-order valence-corrected chi connectivity index (χ0v) is 18.4. The molecule has 1 unspecified atom stereocenters. The van der Waals surface area contributed by atoms with Crippen LogP contribution in [0, 0.1) is 12.7 Å². The molecule has 1 atom stereocenters. The number of aldehydes is 1. The monoisotopic (exact) mass is 444 g/mol. The largest absolute Gasteiger partial charge is 0.339 e. The van der Waals surface area contributed by atoms with E-state index in [-0.39, 0.29) is 17.1 Å². The van der Waals surface area contributed by atoms with Crippen LogP contribution in [0.5, 0.6) is 0 Å². The molecular formula is C22H25FN4O3S. The summed E-state index contributed by atoms with van der Waals surface area (Å²) in [5.74, 6) is 0.524. The molecule has 0 aliphatic rings. The second kappa shape index (κ2) is 11.8. The van der Waals surface area contributed by atoms with Crippen LogP contribution < -0.4 is 15.4 Å². The molecule has 7 nitrogen and oxygen atoms in total. The van der Waals surface area contributed by atoms with E-state index in [2.05, 4.69) is 20.3 Å². The Labute approximate surface area is 183 Å². The Morgan fingerprint density at radius 3 is 2.65 bits per heavy atom. The minimum absolute atomic E-state index is 0.0718. The number of pyridine rings is 1. The van der Waals surface area contributed by atoms with Gasteiger partial charge in [0.05, 0.1) is 11.3 Å². The Hall–Kier alpha value is -3.33. The smallest absolute Gasteiger partial charge is 0.212 e. The van der Waals surface area contributed by atoms with E-state index >= 15 is 0 Å². The van der Waals surface area contributed by atoms with Gasteiger partial charge in [0.1, 0.15) is 28.4 Å². The second-order valence-corrected chi connectivity index (χ2v) is 8.24. The fourth-order valence-corrected chi connectivity index (χ4v) is 3.23. The highest BCUT2D eigenvalue weighted by Gasteiger charge is 2.09. The maximum atomic E-state index is 14.2. The maximum Gasteiger partial charge on any atom is 0.212 e. The molecule has 164 valence electrons. The highest BCUT2D eigenvalue weighted by atomic mass is 32.2. The van der Waals surface area contributed by atoms with E-state index in [1.54, 1.807) is 38.3 Å². The van der Waals surface area contributed by atoms with Crippen LogP contribution in [0.15, 0.2) is 59.6 Å². The van der Waals surface area contributed by atoms with E-state index in [4.69, 9.17) is 0 Å². The number of nitrogens with zero attached hydrogens (tertiary/aromatic N) is 1. The summed E-state index contributed by atoms with van der Waals surface area (Å²) in [4.78, 5) is 26.9. The van der Waals surface area contributed by atoms with Crippen molar-refractivity contribution < 1.29 is 18.2 Å². The van der Waals surface area contributed by atoms with Crippen molar-refractivity contribution in [3.63, 3.8) is 0 Å². The van der Waals surface area contributed by atoms with E-state index in [0.29, 0.717) is 30.7 Å². The number of allylic oxidation sites excluding steroid dienone is 3. The van der Waals surface area contributed by atoms with E-state index in [1.165, 1.54) is 12.1 Å². The average Bonchev–Trinajstić information content (AvgIpc) is 2.73. The Kier molecular flexibility index (Phi) is 9.08. The maximum absolute atomic E-state index is 14.2. The van der Waals surface area contributed by atoms with Gasteiger partial charge in [-0.05, 0) is 61.7 Å². The fraction of sp³-hybridized carbons (Fsp3) is 0.227. The minimum Gasteiger partial charge on any atom is -0.339 e. The number of nitrogens with one attached hydrogen (secondary N) is 3. The number of carbonyl (C=O) groups excluding carboxylic acids is 2. The summed E-state index contributed by atoms with van der Waals surface area (Å²) in [6.45, 7) is 5.39. The first kappa shape index (κ1) is 23.9. The summed E-state index contributed by atoms with van der Waals surface area (Å²) in [6.07, 6.45) is 4.69. The van der Waals surface area contributed by atoms with Gasteiger partial charge in [0.25, 0.3) is 0 Å². The molecule has 2 rings (SSSR count). The van der Waals surface area contributed by atoms with Crippen LogP contribution in [-0.2, 0) is 27.0 Å². The molecule has 3 N–H and O–H groups in total. The minimum atomic E-state index is -1.20. The first-order chi connectivity index (χ1) is 14.9. The Balaban J connectivity index is 2.27. The summed E-state index contributed by atoms with van der Waals surface area (Å²) < 4.78 is 28.7. The topological polar surface area (TPSA) is 100 Å². The molecule has 31 heavy (non-hydrogen) atoms. The molecular weight excluding hydrogens is 419 g/mol. The molecule has 0 saturated carbocycles. The zero-order valence-electron chi connectivity index (χ0n) is 17.6. The number of halogens is 1. The molecule has 2 aromatic rings.